The zero-order chi connectivity index (χ0) is 13.8. The molecule has 0 saturated heterocycles. The van der Waals surface area contributed by atoms with Gasteiger partial charge in [0.1, 0.15) is 0 Å². The third kappa shape index (κ3) is 3.27. The molecule has 19 heavy (non-hydrogen) atoms. The van der Waals surface area contributed by atoms with Gasteiger partial charge in [-0.05, 0) is 18.7 Å². The maximum absolute atomic E-state index is 10.6. The molecule has 1 aromatic carbocycles. The predicted octanol–water partition coefficient (Wildman–Crippen LogP) is 1.61. The van der Waals surface area contributed by atoms with E-state index >= 15 is 0 Å². The standard InChI is InChI=1S/C11H12ClN5O2/c1-13-5-9-7-16(15-14-9)6-8-2-3-10(17(18)19)4-11(8)12/h2-4,7,13H,5-6H2,1H3. The fourth-order valence-electron chi connectivity index (χ4n) is 1.63. The van der Waals surface area contributed by atoms with E-state index in [1.807, 2.05) is 7.05 Å². The first-order chi connectivity index (χ1) is 9.10. The maximum atomic E-state index is 10.6. The summed E-state index contributed by atoms with van der Waals surface area (Å²) in [7, 11) is 1.83. The van der Waals surface area contributed by atoms with Crippen LogP contribution >= 0.6 is 11.6 Å². The monoisotopic (exact) mass is 281 g/mol. The number of hydrogen-bond acceptors (Lipinski definition) is 5. The number of halogens is 1. The van der Waals surface area contributed by atoms with E-state index in [2.05, 4.69) is 15.6 Å². The second kappa shape index (κ2) is 5.77. The van der Waals surface area contributed by atoms with Crippen LogP contribution in [0, 0.1) is 10.1 Å². The van der Waals surface area contributed by atoms with Crippen molar-refractivity contribution in [3.8, 4) is 0 Å². The zero-order valence-corrected chi connectivity index (χ0v) is 11.0. The summed E-state index contributed by atoms with van der Waals surface area (Å²) in [5, 5.41) is 21.9. The number of hydrogen-bond donors (Lipinski definition) is 1. The Morgan fingerprint density at radius 3 is 2.95 bits per heavy atom. The largest absolute Gasteiger partial charge is 0.314 e. The van der Waals surface area contributed by atoms with Crippen LogP contribution in [0.5, 0.6) is 0 Å². The molecular formula is C11H12ClN5O2. The number of nitrogens with zero attached hydrogens (tertiary/aromatic N) is 4. The van der Waals surface area contributed by atoms with Crippen molar-refractivity contribution in [2.75, 3.05) is 7.05 Å². The quantitative estimate of drug-likeness (QED) is 0.665. The van der Waals surface area contributed by atoms with Crippen LogP contribution in [-0.4, -0.2) is 27.0 Å². The molecule has 0 spiro atoms. The molecule has 0 unspecified atom stereocenters. The Balaban J connectivity index is 2.16. The summed E-state index contributed by atoms with van der Waals surface area (Å²) >= 11 is 6.01. The molecule has 0 fully saturated rings. The van der Waals surface area contributed by atoms with Crippen LogP contribution in [0.2, 0.25) is 5.02 Å². The lowest BCUT2D eigenvalue weighted by molar-refractivity contribution is -0.384. The summed E-state index contributed by atoms with van der Waals surface area (Å²) < 4.78 is 1.64. The van der Waals surface area contributed by atoms with Crippen LogP contribution in [-0.2, 0) is 13.1 Å². The molecule has 1 aromatic heterocycles. The summed E-state index contributed by atoms with van der Waals surface area (Å²) in [6, 6.07) is 4.38. The Morgan fingerprint density at radius 1 is 1.53 bits per heavy atom. The average molecular weight is 282 g/mol. The molecule has 0 aliphatic carbocycles. The number of nitro benzene ring substituents is 1. The van der Waals surface area contributed by atoms with Crippen LogP contribution in [0.15, 0.2) is 24.4 Å². The van der Waals surface area contributed by atoms with E-state index in [0.717, 1.165) is 11.3 Å². The number of aromatic nitrogens is 3. The van der Waals surface area contributed by atoms with Gasteiger partial charge in [-0.15, -0.1) is 5.10 Å². The molecule has 8 heteroatoms. The van der Waals surface area contributed by atoms with Gasteiger partial charge in [-0.2, -0.15) is 0 Å². The van der Waals surface area contributed by atoms with Gasteiger partial charge >= 0.3 is 0 Å². The second-order valence-electron chi connectivity index (χ2n) is 3.97. The van der Waals surface area contributed by atoms with Crippen LogP contribution < -0.4 is 5.32 Å². The SMILES string of the molecule is CNCc1cn(Cc2ccc([N+](=O)[O-])cc2Cl)nn1. The van der Waals surface area contributed by atoms with Crippen LogP contribution in [0.25, 0.3) is 0 Å². The van der Waals surface area contributed by atoms with Gasteiger partial charge in [0.2, 0.25) is 0 Å². The first kappa shape index (κ1) is 13.4. The second-order valence-corrected chi connectivity index (χ2v) is 4.38. The van der Waals surface area contributed by atoms with Gasteiger partial charge in [0, 0.05) is 18.7 Å². The number of benzene rings is 1. The van der Waals surface area contributed by atoms with E-state index < -0.39 is 4.92 Å². The predicted molar refractivity (Wildman–Crippen MR) is 70.0 cm³/mol. The molecule has 7 nitrogen and oxygen atoms in total. The topological polar surface area (TPSA) is 85.9 Å². The van der Waals surface area contributed by atoms with Gasteiger partial charge in [-0.3, -0.25) is 10.1 Å². The lowest BCUT2D eigenvalue weighted by Gasteiger charge is -2.03. The Morgan fingerprint density at radius 2 is 2.32 bits per heavy atom. The molecule has 2 rings (SSSR count). The van der Waals surface area contributed by atoms with E-state index in [0.29, 0.717) is 18.1 Å². The lowest BCUT2D eigenvalue weighted by atomic mass is 10.2. The van der Waals surface area contributed by atoms with Crippen molar-refractivity contribution in [3.05, 3.63) is 50.8 Å². The van der Waals surface area contributed by atoms with Crippen molar-refractivity contribution < 1.29 is 4.92 Å². The summed E-state index contributed by atoms with van der Waals surface area (Å²) in [6.45, 7) is 1.06. The van der Waals surface area contributed by atoms with Crippen molar-refractivity contribution in [2.24, 2.45) is 0 Å². The third-order valence-electron chi connectivity index (χ3n) is 2.52. The fraction of sp³-hybridized carbons (Fsp3) is 0.273. The maximum Gasteiger partial charge on any atom is 0.270 e. The van der Waals surface area contributed by atoms with Crippen molar-refractivity contribution in [1.29, 1.82) is 0 Å². The molecule has 2 aromatic rings. The Kier molecular flexibility index (Phi) is 4.08. The molecule has 100 valence electrons. The number of nitrogens with one attached hydrogen (secondary N) is 1. The van der Waals surface area contributed by atoms with Gasteiger partial charge in [-0.25, -0.2) is 4.68 Å². The minimum absolute atomic E-state index is 0.0248. The Hall–Kier alpha value is -1.99. The molecule has 0 radical (unpaired) electrons. The summed E-state index contributed by atoms with van der Waals surface area (Å²) in [5.74, 6) is 0. The van der Waals surface area contributed by atoms with Gasteiger partial charge in [-0.1, -0.05) is 16.8 Å². The van der Waals surface area contributed by atoms with Crippen LogP contribution in [0.1, 0.15) is 11.3 Å². The van der Waals surface area contributed by atoms with E-state index in [1.165, 1.54) is 12.1 Å². The number of nitro groups is 1. The highest BCUT2D eigenvalue weighted by Gasteiger charge is 2.10. The van der Waals surface area contributed by atoms with Gasteiger partial charge in [0.05, 0.1) is 28.4 Å². The highest BCUT2D eigenvalue weighted by molar-refractivity contribution is 6.31. The van der Waals surface area contributed by atoms with Crippen molar-refractivity contribution >= 4 is 17.3 Å². The molecule has 0 bridgehead atoms. The molecular weight excluding hydrogens is 270 g/mol. The summed E-state index contributed by atoms with van der Waals surface area (Å²) in [6.07, 6.45) is 1.80. The summed E-state index contributed by atoms with van der Waals surface area (Å²) in [5.41, 5.74) is 1.55. The van der Waals surface area contributed by atoms with E-state index in [9.17, 15) is 10.1 Å². The molecule has 1 N–H and O–H groups in total. The molecule has 0 saturated carbocycles. The molecule has 1 heterocycles. The van der Waals surface area contributed by atoms with Gasteiger partial charge in [0.25, 0.3) is 5.69 Å². The molecule has 0 atom stereocenters. The van der Waals surface area contributed by atoms with Gasteiger partial charge < -0.3 is 5.32 Å². The smallest absolute Gasteiger partial charge is 0.270 e. The van der Waals surface area contributed by atoms with Gasteiger partial charge in [0.15, 0.2) is 0 Å². The van der Waals surface area contributed by atoms with E-state index in [1.54, 1.807) is 16.9 Å². The normalized spacial score (nSPS) is 10.6. The molecule has 0 amide bonds. The first-order valence-corrected chi connectivity index (χ1v) is 5.94. The first-order valence-electron chi connectivity index (χ1n) is 5.56. The zero-order valence-electron chi connectivity index (χ0n) is 10.2. The minimum atomic E-state index is -0.476. The lowest BCUT2D eigenvalue weighted by Crippen LogP contribution is -2.05. The number of non-ortho nitro benzene ring substituents is 1. The highest BCUT2D eigenvalue weighted by Crippen LogP contribution is 2.22. The van der Waals surface area contributed by atoms with E-state index in [4.69, 9.17) is 11.6 Å². The molecule has 0 aliphatic heterocycles. The highest BCUT2D eigenvalue weighted by atomic mass is 35.5. The van der Waals surface area contributed by atoms with Crippen molar-refractivity contribution in [1.82, 2.24) is 20.3 Å². The van der Waals surface area contributed by atoms with E-state index in [-0.39, 0.29) is 5.69 Å². The number of rotatable bonds is 5. The van der Waals surface area contributed by atoms with Crippen LogP contribution in [0.4, 0.5) is 5.69 Å². The minimum Gasteiger partial charge on any atom is -0.314 e. The van der Waals surface area contributed by atoms with Crippen molar-refractivity contribution in [3.63, 3.8) is 0 Å². The summed E-state index contributed by atoms with van der Waals surface area (Å²) in [4.78, 5) is 10.1. The third-order valence-corrected chi connectivity index (χ3v) is 2.88. The average Bonchev–Trinajstić information content (AvgIpc) is 2.79. The van der Waals surface area contributed by atoms with Crippen LogP contribution in [0.3, 0.4) is 0 Å². The Labute approximate surface area is 114 Å². The fourth-order valence-corrected chi connectivity index (χ4v) is 1.87. The van der Waals surface area contributed by atoms with Crippen molar-refractivity contribution in [2.45, 2.75) is 13.1 Å². The Bertz CT molecular complexity index is 599. The molecule has 0 aliphatic rings.